The molecule has 1 saturated heterocycles. The van der Waals surface area contributed by atoms with E-state index in [2.05, 4.69) is 31.1 Å². The molecule has 118 valence electrons. The van der Waals surface area contributed by atoms with E-state index in [0.29, 0.717) is 11.5 Å². The van der Waals surface area contributed by atoms with Gasteiger partial charge in [0, 0.05) is 25.7 Å². The second-order valence-corrected chi connectivity index (χ2v) is 7.15. The SMILES string of the molecule is CNCC1(CN2CC(CO)OCC2C)CCCC(C)C1. The van der Waals surface area contributed by atoms with Gasteiger partial charge in [-0.2, -0.15) is 0 Å². The van der Waals surface area contributed by atoms with Crippen molar-refractivity contribution in [3.05, 3.63) is 0 Å². The fourth-order valence-electron chi connectivity index (χ4n) is 4.14. The van der Waals surface area contributed by atoms with Crippen LogP contribution in [0.1, 0.15) is 39.5 Å². The van der Waals surface area contributed by atoms with Gasteiger partial charge in [-0.15, -0.1) is 0 Å². The minimum absolute atomic E-state index is 0.00107. The van der Waals surface area contributed by atoms with E-state index in [4.69, 9.17) is 4.74 Å². The molecule has 0 aromatic carbocycles. The molecule has 2 N–H and O–H groups in total. The number of nitrogens with one attached hydrogen (secondary N) is 1. The highest BCUT2D eigenvalue weighted by atomic mass is 16.5. The molecule has 4 nitrogen and oxygen atoms in total. The van der Waals surface area contributed by atoms with Gasteiger partial charge in [-0.3, -0.25) is 4.90 Å². The largest absolute Gasteiger partial charge is 0.394 e. The van der Waals surface area contributed by atoms with Gasteiger partial charge in [0.05, 0.1) is 19.3 Å². The monoisotopic (exact) mass is 284 g/mol. The van der Waals surface area contributed by atoms with Crippen LogP contribution in [0, 0.1) is 11.3 Å². The summed E-state index contributed by atoms with van der Waals surface area (Å²) in [7, 11) is 2.07. The highest BCUT2D eigenvalue weighted by molar-refractivity contribution is 4.92. The lowest BCUT2D eigenvalue weighted by Crippen LogP contribution is -2.55. The molecule has 2 aliphatic rings. The van der Waals surface area contributed by atoms with Crippen LogP contribution in [0.4, 0.5) is 0 Å². The average Bonchev–Trinajstić information content (AvgIpc) is 2.41. The lowest BCUT2D eigenvalue weighted by molar-refractivity contribution is -0.0919. The van der Waals surface area contributed by atoms with Crippen molar-refractivity contribution in [3.8, 4) is 0 Å². The maximum absolute atomic E-state index is 9.35. The topological polar surface area (TPSA) is 44.7 Å². The van der Waals surface area contributed by atoms with Crippen LogP contribution in [-0.2, 0) is 4.74 Å². The van der Waals surface area contributed by atoms with Crippen molar-refractivity contribution in [1.82, 2.24) is 10.2 Å². The number of hydrogen-bond donors (Lipinski definition) is 2. The zero-order valence-electron chi connectivity index (χ0n) is 13.4. The molecule has 0 amide bonds. The van der Waals surface area contributed by atoms with Gasteiger partial charge in [0.1, 0.15) is 0 Å². The molecule has 1 heterocycles. The van der Waals surface area contributed by atoms with E-state index in [9.17, 15) is 5.11 Å². The fourth-order valence-corrected chi connectivity index (χ4v) is 4.14. The van der Waals surface area contributed by atoms with E-state index in [1.54, 1.807) is 0 Å². The number of ether oxygens (including phenoxy) is 1. The van der Waals surface area contributed by atoms with Crippen LogP contribution >= 0.6 is 0 Å². The molecule has 0 spiro atoms. The Hall–Kier alpha value is -0.160. The summed E-state index contributed by atoms with van der Waals surface area (Å²) in [5.41, 5.74) is 0.401. The molecule has 1 saturated carbocycles. The number of aliphatic hydroxyl groups is 1. The molecular weight excluding hydrogens is 252 g/mol. The van der Waals surface area contributed by atoms with Gasteiger partial charge in [0.2, 0.25) is 0 Å². The molecule has 2 fully saturated rings. The van der Waals surface area contributed by atoms with Gasteiger partial charge in [-0.25, -0.2) is 0 Å². The third kappa shape index (κ3) is 3.94. The van der Waals surface area contributed by atoms with E-state index >= 15 is 0 Å². The first kappa shape index (κ1) is 16.2. The molecule has 4 atom stereocenters. The van der Waals surface area contributed by atoms with E-state index in [0.717, 1.165) is 32.2 Å². The standard InChI is InChI=1S/C16H32N2O2/c1-13-5-4-6-16(7-13,11-17-3)12-18-8-15(9-19)20-10-14(18)2/h13-15,17,19H,4-12H2,1-3H3. The predicted molar refractivity (Wildman–Crippen MR) is 81.9 cm³/mol. The fraction of sp³-hybridized carbons (Fsp3) is 1.00. The quantitative estimate of drug-likeness (QED) is 0.803. The van der Waals surface area contributed by atoms with Crippen LogP contribution in [-0.4, -0.2) is 62.0 Å². The number of nitrogens with zero attached hydrogens (tertiary/aromatic N) is 1. The molecule has 0 radical (unpaired) electrons. The first-order chi connectivity index (χ1) is 9.58. The van der Waals surface area contributed by atoms with Crippen molar-refractivity contribution in [1.29, 1.82) is 0 Å². The molecule has 0 aromatic rings. The molecular formula is C16H32N2O2. The Kier molecular flexibility index (Phi) is 5.84. The highest BCUT2D eigenvalue weighted by Crippen LogP contribution is 2.40. The van der Waals surface area contributed by atoms with Crippen LogP contribution in [0.25, 0.3) is 0 Å². The van der Waals surface area contributed by atoms with Crippen LogP contribution in [0.5, 0.6) is 0 Å². The summed E-state index contributed by atoms with van der Waals surface area (Å²) in [4.78, 5) is 2.54. The van der Waals surface area contributed by atoms with Gasteiger partial charge in [-0.1, -0.05) is 19.8 Å². The molecule has 4 unspecified atom stereocenters. The average molecular weight is 284 g/mol. The summed E-state index contributed by atoms with van der Waals surface area (Å²) in [5, 5.41) is 12.8. The Morgan fingerprint density at radius 3 is 2.85 bits per heavy atom. The third-order valence-corrected chi connectivity index (χ3v) is 5.11. The smallest absolute Gasteiger partial charge is 0.0933 e. The summed E-state index contributed by atoms with van der Waals surface area (Å²) in [5.74, 6) is 0.835. The van der Waals surface area contributed by atoms with Crippen molar-refractivity contribution < 1.29 is 9.84 Å². The summed E-state index contributed by atoms with van der Waals surface area (Å²) in [6.45, 7) is 8.63. The predicted octanol–water partition coefficient (Wildman–Crippen LogP) is 1.48. The van der Waals surface area contributed by atoms with Crippen LogP contribution in [0.3, 0.4) is 0 Å². The summed E-state index contributed by atoms with van der Waals surface area (Å²) in [6, 6.07) is 0.462. The molecule has 1 aliphatic heterocycles. The van der Waals surface area contributed by atoms with Gasteiger partial charge < -0.3 is 15.2 Å². The van der Waals surface area contributed by atoms with Crippen molar-refractivity contribution in [2.75, 3.05) is 39.9 Å². The van der Waals surface area contributed by atoms with Gasteiger partial charge in [0.15, 0.2) is 0 Å². The maximum Gasteiger partial charge on any atom is 0.0933 e. The summed E-state index contributed by atoms with van der Waals surface area (Å²) < 4.78 is 5.67. The molecule has 20 heavy (non-hydrogen) atoms. The minimum Gasteiger partial charge on any atom is -0.394 e. The Morgan fingerprint density at radius 2 is 2.20 bits per heavy atom. The second kappa shape index (κ2) is 7.21. The number of hydrogen-bond acceptors (Lipinski definition) is 4. The van der Waals surface area contributed by atoms with Gasteiger partial charge in [0.25, 0.3) is 0 Å². The van der Waals surface area contributed by atoms with Crippen LogP contribution in [0.2, 0.25) is 0 Å². The maximum atomic E-state index is 9.35. The normalized spacial score (nSPS) is 39.9. The first-order valence-electron chi connectivity index (χ1n) is 8.19. The van der Waals surface area contributed by atoms with Gasteiger partial charge in [-0.05, 0) is 38.1 Å². The summed E-state index contributed by atoms with van der Waals surface area (Å²) >= 11 is 0. The zero-order valence-corrected chi connectivity index (χ0v) is 13.4. The Bertz CT molecular complexity index is 296. The summed E-state index contributed by atoms with van der Waals surface area (Å²) in [6.07, 6.45) is 5.38. The van der Waals surface area contributed by atoms with Crippen molar-refractivity contribution >= 4 is 0 Å². The lowest BCUT2D eigenvalue weighted by Gasteiger charge is -2.47. The lowest BCUT2D eigenvalue weighted by atomic mass is 9.69. The number of rotatable bonds is 5. The highest BCUT2D eigenvalue weighted by Gasteiger charge is 2.38. The van der Waals surface area contributed by atoms with Crippen LogP contribution < -0.4 is 5.32 Å². The zero-order chi connectivity index (χ0) is 14.6. The Labute approximate surface area is 123 Å². The number of morpholine rings is 1. The molecule has 0 aromatic heterocycles. The second-order valence-electron chi connectivity index (χ2n) is 7.15. The van der Waals surface area contributed by atoms with Gasteiger partial charge >= 0.3 is 0 Å². The third-order valence-electron chi connectivity index (χ3n) is 5.11. The molecule has 4 heteroatoms. The molecule has 0 bridgehead atoms. The Morgan fingerprint density at radius 1 is 1.40 bits per heavy atom. The molecule has 1 aliphatic carbocycles. The first-order valence-corrected chi connectivity index (χ1v) is 8.19. The Balaban J connectivity index is 2.02. The van der Waals surface area contributed by atoms with Crippen LogP contribution in [0.15, 0.2) is 0 Å². The molecule has 2 rings (SSSR count). The van der Waals surface area contributed by atoms with E-state index in [1.807, 2.05) is 0 Å². The van der Waals surface area contributed by atoms with E-state index in [-0.39, 0.29) is 12.7 Å². The van der Waals surface area contributed by atoms with Crippen molar-refractivity contribution in [2.45, 2.75) is 51.7 Å². The van der Waals surface area contributed by atoms with E-state index in [1.165, 1.54) is 25.7 Å². The number of aliphatic hydroxyl groups excluding tert-OH is 1. The van der Waals surface area contributed by atoms with Crippen molar-refractivity contribution in [3.63, 3.8) is 0 Å². The van der Waals surface area contributed by atoms with E-state index < -0.39 is 0 Å². The van der Waals surface area contributed by atoms with Crippen molar-refractivity contribution in [2.24, 2.45) is 11.3 Å². The minimum atomic E-state index is -0.00107.